The maximum absolute atomic E-state index is 15.5. The molecule has 5 heterocycles. The molecule has 2 amide bonds. The molecule has 0 aliphatic carbocycles. The first-order valence-corrected chi connectivity index (χ1v) is 17.1. The van der Waals surface area contributed by atoms with Crippen molar-refractivity contribution in [1.29, 1.82) is 0 Å². The number of halogens is 3. The van der Waals surface area contributed by atoms with Crippen molar-refractivity contribution >= 4 is 58.1 Å². The Hall–Kier alpha value is -4.60. The molecule has 4 aliphatic rings. The van der Waals surface area contributed by atoms with Gasteiger partial charge in [-0.3, -0.25) is 19.6 Å². The average molecular weight is 712 g/mol. The van der Waals surface area contributed by atoms with Gasteiger partial charge in [-0.15, -0.1) is 11.3 Å². The molecule has 3 saturated heterocycles. The molecule has 7 rings (SSSR count). The molecule has 16 heteroatoms. The normalized spacial score (nSPS) is 21.9. The second-order valence-corrected chi connectivity index (χ2v) is 13.7. The number of carbonyl (C=O) groups excluding carboxylic acids is 1. The van der Waals surface area contributed by atoms with Gasteiger partial charge in [-0.1, -0.05) is 17.7 Å². The van der Waals surface area contributed by atoms with Gasteiger partial charge in [-0.2, -0.15) is 0 Å². The third kappa shape index (κ3) is 6.45. The Labute approximate surface area is 288 Å². The third-order valence-electron chi connectivity index (χ3n) is 9.50. The molecule has 2 atom stereocenters. The second-order valence-electron chi connectivity index (χ2n) is 12.4. The molecule has 3 fully saturated rings. The van der Waals surface area contributed by atoms with E-state index in [1.54, 1.807) is 28.6 Å². The Morgan fingerprint density at radius 2 is 1.84 bits per heavy atom. The van der Waals surface area contributed by atoms with Crippen LogP contribution < -0.4 is 15.1 Å². The maximum atomic E-state index is 15.5. The molecule has 3 aromatic rings. The van der Waals surface area contributed by atoms with Crippen molar-refractivity contribution < 1.29 is 33.4 Å². The summed E-state index contributed by atoms with van der Waals surface area (Å²) in [5, 5.41) is 25.2. The number of carbonyl (C=O) groups is 3. The van der Waals surface area contributed by atoms with E-state index < -0.39 is 35.5 Å². The second kappa shape index (κ2) is 13.4. The number of anilines is 2. The van der Waals surface area contributed by atoms with Gasteiger partial charge in [0, 0.05) is 79.4 Å². The number of aliphatic imine (C=N–C) groups is 1. The van der Waals surface area contributed by atoms with E-state index >= 15 is 4.39 Å². The molecule has 0 spiro atoms. The minimum atomic E-state index is -1.21. The number of nitrogens with one attached hydrogen (secondary N) is 1. The highest BCUT2D eigenvalue weighted by molar-refractivity contribution is 7.11. The number of thiazole rings is 1. The first-order chi connectivity index (χ1) is 23.6. The standard InChI is InChI=1S/C33H32ClF2N7O5S/c34-23-13-19(35)1-3-22(23)28-27(32(46)47)25(38-29(39-28)30-37-7-12-49-30)17-40-10-11-42-21(15-40)16-43(33(42)48)26-4-2-20(14-24(26)36)41-8-5-18(6-9-41)31(44)45/h1-4,7,12-14,18,21,28H,5-6,8-11,15-17H2,(H,38,39)(H,44,45)(H,46,47)/t21-,28-/m0/s1. The lowest BCUT2D eigenvalue weighted by Gasteiger charge is -2.37. The lowest BCUT2D eigenvalue weighted by molar-refractivity contribution is -0.142. The van der Waals surface area contributed by atoms with E-state index in [1.165, 1.54) is 34.4 Å². The fourth-order valence-corrected chi connectivity index (χ4v) is 7.86. The highest BCUT2D eigenvalue weighted by Crippen LogP contribution is 2.37. The van der Waals surface area contributed by atoms with Crippen molar-refractivity contribution in [3.8, 4) is 0 Å². The number of piperidine rings is 1. The van der Waals surface area contributed by atoms with Crippen LogP contribution in [0.1, 0.15) is 29.5 Å². The summed E-state index contributed by atoms with van der Waals surface area (Å²) in [7, 11) is 0. The van der Waals surface area contributed by atoms with Gasteiger partial charge in [-0.25, -0.2) is 23.4 Å². The Balaban J connectivity index is 1.09. The first kappa shape index (κ1) is 32.9. The summed E-state index contributed by atoms with van der Waals surface area (Å²) >= 11 is 7.73. The van der Waals surface area contributed by atoms with E-state index in [1.807, 2.05) is 9.80 Å². The zero-order valence-corrected chi connectivity index (χ0v) is 27.6. The van der Waals surface area contributed by atoms with Gasteiger partial charge < -0.3 is 25.3 Å². The number of piperazine rings is 1. The highest BCUT2D eigenvalue weighted by atomic mass is 35.5. The molecule has 0 saturated carbocycles. The number of urea groups is 1. The summed E-state index contributed by atoms with van der Waals surface area (Å²) in [6, 6.07) is 6.91. The van der Waals surface area contributed by atoms with Crippen LogP contribution >= 0.6 is 22.9 Å². The zero-order valence-electron chi connectivity index (χ0n) is 26.1. The van der Waals surface area contributed by atoms with Crippen molar-refractivity contribution in [2.24, 2.45) is 10.9 Å². The van der Waals surface area contributed by atoms with Gasteiger partial charge in [-0.05, 0) is 43.2 Å². The molecule has 0 unspecified atom stereocenters. The van der Waals surface area contributed by atoms with Crippen LogP contribution in [0.25, 0.3) is 0 Å². The van der Waals surface area contributed by atoms with Crippen LogP contribution in [0.15, 0.2) is 64.2 Å². The lowest BCUT2D eigenvalue weighted by atomic mass is 9.95. The molecule has 12 nitrogen and oxygen atoms in total. The number of benzene rings is 2. The van der Waals surface area contributed by atoms with Gasteiger partial charge in [0.1, 0.15) is 17.7 Å². The Bertz CT molecular complexity index is 1870. The molecule has 49 heavy (non-hydrogen) atoms. The number of amides is 2. The van der Waals surface area contributed by atoms with Crippen LogP contribution in [-0.4, -0.2) is 101 Å². The van der Waals surface area contributed by atoms with Crippen LogP contribution in [0.4, 0.5) is 25.0 Å². The molecule has 0 bridgehead atoms. The van der Waals surface area contributed by atoms with Crippen molar-refractivity contribution in [1.82, 2.24) is 20.1 Å². The molecule has 0 radical (unpaired) electrons. The fraction of sp³-hybridized carbons (Fsp3) is 0.364. The number of hydrogen-bond acceptors (Lipinski definition) is 9. The summed E-state index contributed by atoms with van der Waals surface area (Å²) in [6.45, 7) is 2.64. The number of fused-ring (bicyclic) bond motifs is 1. The average Bonchev–Trinajstić information content (AvgIpc) is 3.73. The number of aliphatic carboxylic acids is 2. The number of nitrogens with zero attached hydrogens (tertiary/aromatic N) is 6. The van der Waals surface area contributed by atoms with Gasteiger partial charge in [0.15, 0.2) is 10.8 Å². The van der Waals surface area contributed by atoms with E-state index in [9.17, 15) is 29.0 Å². The fourth-order valence-electron chi connectivity index (χ4n) is 7.01. The van der Waals surface area contributed by atoms with Crippen LogP contribution in [0.3, 0.4) is 0 Å². The number of carboxylic acid groups (broad SMARTS) is 2. The summed E-state index contributed by atoms with van der Waals surface area (Å²) in [4.78, 5) is 53.7. The number of rotatable bonds is 8. The summed E-state index contributed by atoms with van der Waals surface area (Å²) in [5.41, 5.74) is 1.50. The van der Waals surface area contributed by atoms with Crippen molar-refractivity contribution in [2.75, 3.05) is 55.6 Å². The van der Waals surface area contributed by atoms with Gasteiger partial charge in [0.25, 0.3) is 0 Å². The highest BCUT2D eigenvalue weighted by Gasteiger charge is 2.43. The van der Waals surface area contributed by atoms with E-state index in [0.717, 1.165) is 6.07 Å². The minimum absolute atomic E-state index is 0.0327. The number of hydrogen-bond donors (Lipinski definition) is 3. The largest absolute Gasteiger partial charge is 0.481 e. The van der Waals surface area contributed by atoms with Gasteiger partial charge in [0.05, 0.1) is 23.2 Å². The Kier molecular flexibility index (Phi) is 8.98. The lowest BCUT2D eigenvalue weighted by Crippen LogP contribution is -2.53. The predicted molar refractivity (Wildman–Crippen MR) is 179 cm³/mol. The van der Waals surface area contributed by atoms with E-state index in [2.05, 4.69) is 15.3 Å². The van der Waals surface area contributed by atoms with Crippen molar-refractivity contribution in [3.05, 3.63) is 86.5 Å². The number of amidine groups is 1. The zero-order chi connectivity index (χ0) is 34.4. The Morgan fingerprint density at radius 1 is 1.04 bits per heavy atom. The minimum Gasteiger partial charge on any atom is -0.481 e. The molecule has 1 aromatic heterocycles. The molecule has 4 aliphatic heterocycles. The smallest absolute Gasteiger partial charge is 0.335 e. The van der Waals surface area contributed by atoms with Gasteiger partial charge >= 0.3 is 18.0 Å². The van der Waals surface area contributed by atoms with E-state index in [4.69, 9.17) is 11.6 Å². The molecule has 256 valence electrons. The SMILES string of the molecule is O=C(O)C1=C(CN2CCN3C(=O)N(c4ccc(N5CCC(C(=O)O)CC5)cc4F)C[C@@H]3C2)NC(c2nccs2)=N[C@H]1c1ccc(F)cc1Cl. The predicted octanol–water partition coefficient (Wildman–Crippen LogP) is 4.43. The van der Waals surface area contributed by atoms with E-state index in [0.29, 0.717) is 73.4 Å². The molecular weight excluding hydrogens is 680 g/mol. The summed E-state index contributed by atoms with van der Waals surface area (Å²) in [6.07, 6.45) is 2.58. The first-order valence-electron chi connectivity index (χ1n) is 15.8. The van der Waals surface area contributed by atoms with Gasteiger partial charge in [0.2, 0.25) is 0 Å². The molecular formula is C33H32ClF2N7O5S. The molecule has 2 aromatic carbocycles. The van der Waals surface area contributed by atoms with Crippen LogP contribution in [-0.2, 0) is 9.59 Å². The quantitative estimate of drug-likeness (QED) is 0.310. The molecule has 3 N–H and O–H groups in total. The number of aromatic nitrogens is 1. The van der Waals surface area contributed by atoms with Crippen LogP contribution in [0.5, 0.6) is 0 Å². The monoisotopic (exact) mass is 711 g/mol. The summed E-state index contributed by atoms with van der Waals surface area (Å²) < 4.78 is 29.5. The topological polar surface area (TPSA) is 142 Å². The maximum Gasteiger partial charge on any atom is 0.335 e. The number of carboxylic acids is 2. The van der Waals surface area contributed by atoms with Crippen molar-refractivity contribution in [3.63, 3.8) is 0 Å². The third-order valence-corrected chi connectivity index (χ3v) is 10.6. The van der Waals surface area contributed by atoms with Crippen LogP contribution in [0.2, 0.25) is 5.02 Å². The van der Waals surface area contributed by atoms with Crippen LogP contribution in [0, 0.1) is 17.6 Å². The Morgan fingerprint density at radius 3 is 2.51 bits per heavy atom. The summed E-state index contributed by atoms with van der Waals surface area (Å²) in [5.74, 6) is -3.15. The van der Waals surface area contributed by atoms with E-state index in [-0.39, 0.29) is 41.4 Å². The van der Waals surface area contributed by atoms with Crippen molar-refractivity contribution in [2.45, 2.75) is 24.9 Å².